The number of hydrogen-bond donors (Lipinski definition) is 0. The van der Waals surface area contributed by atoms with Crippen LogP contribution < -0.4 is 4.74 Å². The van der Waals surface area contributed by atoms with Crippen molar-refractivity contribution in [2.45, 2.75) is 33.4 Å². The maximum absolute atomic E-state index is 13.1. The highest BCUT2D eigenvalue weighted by molar-refractivity contribution is 5.93. The number of benzene rings is 2. The van der Waals surface area contributed by atoms with Crippen molar-refractivity contribution in [3.8, 4) is 5.75 Å². The molecule has 1 aliphatic rings. The lowest BCUT2D eigenvalue weighted by Crippen LogP contribution is -2.48. The average molecular weight is 438 g/mol. The molecule has 7 heteroatoms. The maximum atomic E-state index is 13.1. The standard InChI is InChI=1S/C25H28FN3O3/c1-3-19-6-10-22(11-7-19)31-17-23-18(2)32-27-24(23)25(30)29-14-12-28(13-15-29)16-20-4-8-21(26)9-5-20/h4-11H,3,12-17H2,1-2H3. The molecular formula is C25H28FN3O3. The smallest absolute Gasteiger partial charge is 0.276 e. The minimum atomic E-state index is -0.232. The van der Waals surface area contributed by atoms with Crippen LogP contribution in [0.2, 0.25) is 0 Å². The Kier molecular flexibility index (Phi) is 6.85. The number of rotatable bonds is 7. The van der Waals surface area contributed by atoms with Gasteiger partial charge in [-0.3, -0.25) is 9.69 Å². The van der Waals surface area contributed by atoms with Gasteiger partial charge in [-0.2, -0.15) is 0 Å². The van der Waals surface area contributed by atoms with Crippen LogP contribution in [0.4, 0.5) is 4.39 Å². The first-order valence-corrected chi connectivity index (χ1v) is 11.0. The van der Waals surface area contributed by atoms with Crippen molar-refractivity contribution < 1.29 is 18.4 Å². The van der Waals surface area contributed by atoms with Crippen molar-refractivity contribution in [3.05, 3.63) is 82.5 Å². The van der Waals surface area contributed by atoms with Crippen molar-refractivity contribution >= 4 is 5.91 Å². The Balaban J connectivity index is 1.35. The second-order valence-corrected chi connectivity index (χ2v) is 8.05. The van der Waals surface area contributed by atoms with Crippen LogP contribution >= 0.6 is 0 Å². The summed E-state index contributed by atoms with van der Waals surface area (Å²) in [6.07, 6.45) is 0.973. The van der Waals surface area contributed by atoms with E-state index < -0.39 is 0 Å². The summed E-state index contributed by atoms with van der Waals surface area (Å²) in [7, 11) is 0. The Bertz CT molecular complexity index is 1040. The van der Waals surface area contributed by atoms with Gasteiger partial charge in [-0.1, -0.05) is 36.3 Å². The lowest BCUT2D eigenvalue weighted by atomic mass is 10.1. The van der Waals surface area contributed by atoms with Gasteiger partial charge in [0.15, 0.2) is 5.69 Å². The van der Waals surface area contributed by atoms with E-state index in [4.69, 9.17) is 9.26 Å². The van der Waals surface area contributed by atoms with Gasteiger partial charge in [0, 0.05) is 32.7 Å². The first-order chi connectivity index (χ1) is 15.5. The highest BCUT2D eigenvalue weighted by atomic mass is 19.1. The number of piperazine rings is 1. The summed E-state index contributed by atoms with van der Waals surface area (Å²) >= 11 is 0. The summed E-state index contributed by atoms with van der Waals surface area (Å²) in [5, 5.41) is 4.03. The van der Waals surface area contributed by atoms with E-state index >= 15 is 0 Å². The molecule has 0 radical (unpaired) electrons. The van der Waals surface area contributed by atoms with Crippen LogP contribution in [0.15, 0.2) is 53.1 Å². The Hall–Kier alpha value is -3.19. The molecule has 0 aliphatic carbocycles. The molecule has 1 fully saturated rings. The molecule has 0 bridgehead atoms. The normalized spacial score (nSPS) is 14.5. The largest absolute Gasteiger partial charge is 0.489 e. The highest BCUT2D eigenvalue weighted by Gasteiger charge is 2.28. The third-order valence-corrected chi connectivity index (χ3v) is 5.88. The summed E-state index contributed by atoms with van der Waals surface area (Å²) in [5.41, 5.74) is 3.31. The quantitative estimate of drug-likeness (QED) is 0.554. The van der Waals surface area contributed by atoms with Gasteiger partial charge in [0.25, 0.3) is 5.91 Å². The summed E-state index contributed by atoms with van der Waals surface area (Å²) in [5.74, 6) is 0.970. The van der Waals surface area contributed by atoms with Gasteiger partial charge >= 0.3 is 0 Å². The SMILES string of the molecule is CCc1ccc(OCc2c(C(=O)N3CCN(Cc4ccc(F)cc4)CC3)noc2C)cc1. The third kappa shape index (κ3) is 5.16. The summed E-state index contributed by atoms with van der Waals surface area (Å²) in [6, 6.07) is 14.5. The van der Waals surface area contributed by atoms with Crippen molar-refractivity contribution in [1.29, 1.82) is 0 Å². The number of carbonyl (C=O) groups excluding carboxylic acids is 1. The molecule has 0 N–H and O–H groups in total. The second kappa shape index (κ2) is 9.96. The first-order valence-electron chi connectivity index (χ1n) is 11.0. The predicted octanol–water partition coefficient (Wildman–Crippen LogP) is 4.22. The fourth-order valence-corrected chi connectivity index (χ4v) is 3.81. The van der Waals surface area contributed by atoms with Crippen LogP contribution in [0.25, 0.3) is 0 Å². The molecular weight excluding hydrogens is 409 g/mol. The molecule has 1 saturated heterocycles. The van der Waals surface area contributed by atoms with Gasteiger partial charge in [0.05, 0.1) is 5.56 Å². The fraction of sp³-hybridized carbons (Fsp3) is 0.360. The molecule has 4 rings (SSSR count). The molecule has 1 aromatic heterocycles. The number of carbonyl (C=O) groups is 1. The van der Waals surface area contributed by atoms with Gasteiger partial charge in [0.1, 0.15) is 23.9 Å². The van der Waals surface area contributed by atoms with E-state index in [1.54, 1.807) is 24.0 Å². The van der Waals surface area contributed by atoms with Crippen molar-refractivity contribution in [1.82, 2.24) is 15.0 Å². The number of hydrogen-bond acceptors (Lipinski definition) is 5. The third-order valence-electron chi connectivity index (χ3n) is 5.88. The lowest BCUT2D eigenvalue weighted by Gasteiger charge is -2.34. The zero-order chi connectivity index (χ0) is 22.5. The highest BCUT2D eigenvalue weighted by Crippen LogP contribution is 2.21. The number of aryl methyl sites for hydroxylation is 2. The van der Waals surface area contributed by atoms with Gasteiger partial charge in [-0.05, 0) is 48.7 Å². The average Bonchev–Trinajstić information content (AvgIpc) is 3.19. The Morgan fingerprint density at radius 1 is 1.03 bits per heavy atom. The number of halogens is 1. The number of nitrogens with zero attached hydrogens (tertiary/aromatic N) is 3. The van der Waals surface area contributed by atoms with Gasteiger partial charge in [-0.15, -0.1) is 0 Å². The second-order valence-electron chi connectivity index (χ2n) is 8.05. The lowest BCUT2D eigenvalue weighted by molar-refractivity contribution is 0.0616. The number of aromatic nitrogens is 1. The Labute approximate surface area is 187 Å². The summed E-state index contributed by atoms with van der Waals surface area (Å²) < 4.78 is 24.3. The van der Waals surface area contributed by atoms with E-state index in [1.165, 1.54) is 17.7 Å². The molecule has 1 aliphatic heterocycles. The Morgan fingerprint density at radius 3 is 2.34 bits per heavy atom. The van der Waals surface area contributed by atoms with Crippen LogP contribution in [0, 0.1) is 12.7 Å². The van der Waals surface area contributed by atoms with Crippen LogP contribution in [-0.2, 0) is 19.6 Å². The monoisotopic (exact) mass is 437 g/mol. The van der Waals surface area contributed by atoms with Crippen LogP contribution in [0.5, 0.6) is 5.75 Å². The first kappa shape index (κ1) is 22.0. The van der Waals surface area contributed by atoms with E-state index in [1.807, 2.05) is 24.3 Å². The van der Waals surface area contributed by atoms with Crippen LogP contribution in [0.3, 0.4) is 0 Å². The zero-order valence-corrected chi connectivity index (χ0v) is 18.5. The molecule has 1 amide bonds. The molecule has 0 saturated carbocycles. The van der Waals surface area contributed by atoms with Gasteiger partial charge in [0.2, 0.25) is 0 Å². The van der Waals surface area contributed by atoms with Crippen molar-refractivity contribution in [2.75, 3.05) is 26.2 Å². The Morgan fingerprint density at radius 2 is 1.69 bits per heavy atom. The van der Waals surface area contributed by atoms with Gasteiger partial charge < -0.3 is 14.2 Å². The van der Waals surface area contributed by atoms with Crippen LogP contribution in [-0.4, -0.2) is 47.0 Å². The molecule has 168 valence electrons. The molecule has 2 aromatic carbocycles. The molecule has 6 nitrogen and oxygen atoms in total. The topological polar surface area (TPSA) is 58.8 Å². The van der Waals surface area contributed by atoms with E-state index in [-0.39, 0.29) is 18.3 Å². The molecule has 2 heterocycles. The fourth-order valence-electron chi connectivity index (χ4n) is 3.81. The van der Waals surface area contributed by atoms with Crippen LogP contribution in [0.1, 0.15) is 39.9 Å². The molecule has 0 spiro atoms. The minimum Gasteiger partial charge on any atom is -0.489 e. The van der Waals surface area contributed by atoms with Gasteiger partial charge in [-0.25, -0.2) is 4.39 Å². The van der Waals surface area contributed by atoms with E-state index in [2.05, 4.69) is 17.0 Å². The van der Waals surface area contributed by atoms with E-state index in [9.17, 15) is 9.18 Å². The summed E-state index contributed by atoms with van der Waals surface area (Å²) in [6.45, 7) is 7.56. The zero-order valence-electron chi connectivity index (χ0n) is 18.5. The number of ether oxygens (including phenoxy) is 1. The summed E-state index contributed by atoms with van der Waals surface area (Å²) in [4.78, 5) is 17.2. The molecule has 0 unspecified atom stereocenters. The maximum Gasteiger partial charge on any atom is 0.276 e. The number of amides is 1. The van der Waals surface area contributed by atoms with E-state index in [0.29, 0.717) is 30.1 Å². The molecule has 0 atom stereocenters. The molecule has 32 heavy (non-hydrogen) atoms. The van der Waals surface area contributed by atoms with Crippen molar-refractivity contribution in [2.24, 2.45) is 0 Å². The predicted molar refractivity (Wildman–Crippen MR) is 119 cm³/mol. The molecule has 3 aromatic rings. The minimum absolute atomic E-state index is 0.136. The van der Waals surface area contributed by atoms with Crippen molar-refractivity contribution in [3.63, 3.8) is 0 Å². The van der Waals surface area contributed by atoms with E-state index in [0.717, 1.165) is 37.4 Å².